The first kappa shape index (κ1) is 21.9. The summed E-state index contributed by atoms with van der Waals surface area (Å²) < 4.78 is 10.8. The van der Waals surface area contributed by atoms with Crippen LogP contribution in [0, 0.1) is 5.41 Å². The lowest BCUT2D eigenvalue weighted by Gasteiger charge is -2.19. The molecular weight excluding hydrogens is 296 g/mol. The van der Waals surface area contributed by atoms with Crippen molar-refractivity contribution < 1.29 is 19.1 Å². The molecular formula is C17H34N2O4. The molecule has 0 bridgehead atoms. The summed E-state index contributed by atoms with van der Waals surface area (Å²) in [6, 6.07) is 0. The molecule has 0 radical (unpaired) electrons. The molecule has 0 aromatic heterocycles. The van der Waals surface area contributed by atoms with Crippen LogP contribution in [0.5, 0.6) is 0 Å². The normalized spacial score (nSPS) is 12.1. The monoisotopic (exact) mass is 330 g/mol. The first-order valence-corrected chi connectivity index (χ1v) is 8.25. The summed E-state index contributed by atoms with van der Waals surface area (Å²) in [4.78, 5) is 23.1. The Morgan fingerprint density at radius 1 is 0.870 bits per heavy atom. The number of hydrogen-bond donors (Lipinski definition) is 2. The van der Waals surface area contributed by atoms with Gasteiger partial charge in [0.2, 0.25) is 11.8 Å². The summed E-state index contributed by atoms with van der Waals surface area (Å²) in [6.45, 7) is 14.0. The van der Waals surface area contributed by atoms with Crippen LogP contribution in [-0.2, 0) is 19.1 Å². The molecule has 0 aliphatic rings. The van der Waals surface area contributed by atoms with Crippen molar-refractivity contribution >= 4 is 11.8 Å². The third kappa shape index (κ3) is 17.1. The smallest absolute Gasteiger partial charge is 0.246 e. The molecule has 6 nitrogen and oxygen atoms in total. The maximum Gasteiger partial charge on any atom is 0.246 e. The maximum atomic E-state index is 11.6. The lowest BCUT2D eigenvalue weighted by atomic mass is 9.92. The van der Waals surface area contributed by atoms with Crippen LogP contribution in [0.3, 0.4) is 0 Å². The zero-order chi connectivity index (χ0) is 17.9. The lowest BCUT2D eigenvalue weighted by Crippen LogP contribution is -2.34. The largest absolute Gasteiger partial charge is 0.380 e. The number of ether oxygens (including phenoxy) is 2. The summed E-state index contributed by atoms with van der Waals surface area (Å²) in [7, 11) is 0. The molecule has 2 N–H and O–H groups in total. The van der Waals surface area contributed by atoms with E-state index in [1.54, 1.807) is 0 Å². The Balaban J connectivity index is 3.43. The molecule has 0 spiro atoms. The highest BCUT2D eigenvalue weighted by molar-refractivity contribution is 5.77. The first-order chi connectivity index (χ1) is 10.5. The van der Waals surface area contributed by atoms with Gasteiger partial charge in [0.15, 0.2) is 0 Å². The predicted octanol–water partition coefficient (Wildman–Crippen LogP) is 1.88. The fourth-order valence-electron chi connectivity index (χ4n) is 1.64. The molecule has 0 aliphatic carbocycles. The molecule has 0 unspecified atom stereocenters. The molecule has 0 aliphatic heterocycles. The van der Waals surface area contributed by atoms with Gasteiger partial charge in [-0.2, -0.15) is 0 Å². The van der Waals surface area contributed by atoms with Gasteiger partial charge in [0, 0.05) is 26.1 Å². The number of nitrogens with one attached hydrogen (secondary N) is 2. The summed E-state index contributed by atoms with van der Waals surface area (Å²) in [6.07, 6.45) is 1.29. The number of rotatable bonds is 10. The molecule has 0 fully saturated rings. The standard InChI is InChI=1S/C17H34N2O4/c1-16(2,3)12-14(20)18-8-7-10-22-11-9-19-15(21)13-23-17(4,5)6/h7-13H2,1-6H3,(H,18,20)(H,19,21). The minimum Gasteiger partial charge on any atom is -0.380 e. The van der Waals surface area contributed by atoms with Gasteiger partial charge >= 0.3 is 0 Å². The van der Waals surface area contributed by atoms with Gasteiger partial charge < -0.3 is 20.1 Å². The number of carbonyl (C=O) groups excluding carboxylic acids is 2. The molecule has 136 valence electrons. The van der Waals surface area contributed by atoms with Gasteiger partial charge in [-0.05, 0) is 32.6 Å². The van der Waals surface area contributed by atoms with Crippen molar-refractivity contribution in [2.24, 2.45) is 5.41 Å². The Bertz CT molecular complexity index is 357. The van der Waals surface area contributed by atoms with Gasteiger partial charge in [0.05, 0.1) is 12.2 Å². The van der Waals surface area contributed by atoms with E-state index in [0.717, 1.165) is 6.42 Å². The summed E-state index contributed by atoms with van der Waals surface area (Å²) in [5.41, 5.74) is -0.305. The zero-order valence-corrected chi connectivity index (χ0v) is 15.6. The van der Waals surface area contributed by atoms with Gasteiger partial charge in [-0.15, -0.1) is 0 Å². The van der Waals surface area contributed by atoms with Crippen LogP contribution in [0.4, 0.5) is 0 Å². The molecule has 2 amide bonds. The number of amides is 2. The van der Waals surface area contributed by atoms with Crippen LogP contribution in [0.15, 0.2) is 0 Å². The van der Waals surface area contributed by atoms with Gasteiger partial charge in [-0.3, -0.25) is 9.59 Å². The Kier molecular flexibility index (Phi) is 10.1. The van der Waals surface area contributed by atoms with Gasteiger partial charge in [-0.1, -0.05) is 20.8 Å². The second-order valence-electron chi connectivity index (χ2n) is 7.80. The van der Waals surface area contributed by atoms with E-state index in [1.165, 1.54) is 0 Å². The highest BCUT2D eigenvalue weighted by atomic mass is 16.5. The summed E-state index contributed by atoms with van der Waals surface area (Å²) in [5.74, 6) is -0.0680. The van der Waals surface area contributed by atoms with E-state index in [0.29, 0.717) is 32.7 Å². The molecule has 23 heavy (non-hydrogen) atoms. The first-order valence-electron chi connectivity index (χ1n) is 8.25. The van der Waals surface area contributed by atoms with Crippen LogP contribution in [-0.4, -0.2) is 50.3 Å². The van der Waals surface area contributed by atoms with E-state index in [-0.39, 0.29) is 29.4 Å². The quantitative estimate of drug-likeness (QED) is 0.600. The van der Waals surface area contributed by atoms with Crippen LogP contribution in [0.25, 0.3) is 0 Å². The third-order valence-corrected chi connectivity index (χ3v) is 2.68. The minimum atomic E-state index is -0.314. The van der Waals surface area contributed by atoms with E-state index < -0.39 is 0 Å². The van der Waals surface area contributed by atoms with E-state index in [4.69, 9.17) is 9.47 Å². The molecule has 6 heteroatoms. The Morgan fingerprint density at radius 2 is 1.48 bits per heavy atom. The van der Waals surface area contributed by atoms with Crippen molar-refractivity contribution in [2.45, 2.75) is 60.0 Å². The minimum absolute atomic E-state index is 0.00942. The van der Waals surface area contributed by atoms with Gasteiger partial charge in [0.1, 0.15) is 6.61 Å². The van der Waals surface area contributed by atoms with Crippen molar-refractivity contribution in [3.05, 3.63) is 0 Å². The Hall–Kier alpha value is -1.14. The molecule has 0 saturated carbocycles. The Labute approximate surface area is 140 Å². The zero-order valence-electron chi connectivity index (χ0n) is 15.6. The second-order valence-corrected chi connectivity index (χ2v) is 7.80. The fourth-order valence-corrected chi connectivity index (χ4v) is 1.64. The molecule has 0 aromatic rings. The van der Waals surface area contributed by atoms with Crippen LogP contribution < -0.4 is 10.6 Å². The van der Waals surface area contributed by atoms with Crippen LogP contribution in [0.2, 0.25) is 0 Å². The average Bonchev–Trinajstić information content (AvgIpc) is 2.36. The molecule has 0 saturated heterocycles. The SMILES string of the molecule is CC(C)(C)CC(=O)NCCCOCCNC(=O)COC(C)(C)C. The van der Waals surface area contributed by atoms with Crippen molar-refractivity contribution in [1.29, 1.82) is 0 Å². The number of hydrogen-bond acceptors (Lipinski definition) is 4. The van der Waals surface area contributed by atoms with Crippen molar-refractivity contribution in [2.75, 3.05) is 32.9 Å². The average molecular weight is 330 g/mol. The molecule has 0 heterocycles. The maximum absolute atomic E-state index is 11.6. The highest BCUT2D eigenvalue weighted by Gasteiger charge is 2.15. The van der Waals surface area contributed by atoms with E-state index in [1.807, 2.05) is 41.5 Å². The van der Waals surface area contributed by atoms with E-state index in [9.17, 15) is 9.59 Å². The third-order valence-electron chi connectivity index (χ3n) is 2.68. The molecule has 0 aromatic carbocycles. The van der Waals surface area contributed by atoms with Gasteiger partial charge in [-0.25, -0.2) is 0 Å². The van der Waals surface area contributed by atoms with Gasteiger partial charge in [0.25, 0.3) is 0 Å². The van der Waals surface area contributed by atoms with Crippen LogP contribution in [0.1, 0.15) is 54.4 Å². The van der Waals surface area contributed by atoms with E-state index >= 15 is 0 Å². The van der Waals surface area contributed by atoms with Crippen molar-refractivity contribution in [3.8, 4) is 0 Å². The van der Waals surface area contributed by atoms with Crippen LogP contribution >= 0.6 is 0 Å². The summed E-state index contributed by atoms with van der Waals surface area (Å²) >= 11 is 0. The predicted molar refractivity (Wildman–Crippen MR) is 91.2 cm³/mol. The highest BCUT2D eigenvalue weighted by Crippen LogP contribution is 2.17. The summed E-state index contributed by atoms with van der Waals surface area (Å²) in [5, 5.41) is 5.61. The second kappa shape index (κ2) is 10.6. The molecule has 0 atom stereocenters. The lowest BCUT2D eigenvalue weighted by molar-refractivity contribution is -0.130. The number of carbonyl (C=O) groups is 2. The fraction of sp³-hybridized carbons (Fsp3) is 0.882. The van der Waals surface area contributed by atoms with Crippen molar-refractivity contribution in [3.63, 3.8) is 0 Å². The topological polar surface area (TPSA) is 76.7 Å². The molecule has 0 rings (SSSR count). The Morgan fingerprint density at radius 3 is 2.04 bits per heavy atom. The van der Waals surface area contributed by atoms with E-state index in [2.05, 4.69) is 10.6 Å². The van der Waals surface area contributed by atoms with Crippen molar-refractivity contribution in [1.82, 2.24) is 10.6 Å².